The Labute approximate surface area is 267 Å². The van der Waals surface area contributed by atoms with Gasteiger partial charge in [-0.1, -0.05) is 42.2 Å². The van der Waals surface area contributed by atoms with Crippen LogP contribution < -0.4 is 14.4 Å². The number of aromatic nitrogens is 2. The van der Waals surface area contributed by atoms with Crippen LogP contribution in [0.15, 0.2) is 91.5 Å². The predicted octanol–water partition coefficient (Wildman–Crippen LogP) is 3.22. The fourth-order valence-electron chi connectivity index (χ4n) is 4.98. The number of nitrogens with one attached hydrogen (secondary N) is 1. The average Bonchev–Trinajstić information content (AvgIpc) is 3.06. The maximum absolute atomic E-state index is 13.3. The Hall–Kier alpha value is -5.25. The highest BCUT2D eigenvalue weighted by molar-refractivity contribution is 7.89. The van der Waals surface area contributed by atoms with Crippen molar-refractivity contribution in [1.29, 1.82) is 0 Å². The number of ether oxygens (including phenoxy) is 2. The number of anilines is 1. The minimum Gasteiger partial charge on any atom is -0.463 e. The fraction of sp³-hybridized carbons (Fsp3) is 0.235. The summed E-state index contributed by atoms with van der Waals surface area (Å²) in [5.41, 5.74) is 3.44. The highest BCUT2D eigenvalue weighted by Crippen LogP contribution is 2.20. The van der Waals surface area contributed by atoms with E-state index in [9.17, 15) is 18.0 Å². The molecular formula is C34H31N5O6S. The van der Waals surface area contributed by atoms with Crippen LogP contribution in [0.1, 0.15) is 43.8 Å². The number of carbonyl (C=O) groups excluding carboxylic acids is 2. The minimum atomic E-state index is -3.84. The first-order chi connectivity index (χ1) is 22.3. The Morgan fingerprint density at radius 1 is 0.870 bits per heavy atom. The zero-order valence-corrected chi connectivity index (χ0v) is 25.7. The first kappa shape index (κ1) is 30.8. The van der Waals surface area contributed by atoms with Crippen LogP contribution in [-0.2, 0) is 20.5 Å². The van der Waals surface area contributed by atoms with Gasteiger partial charge in [0.05, 0.1) is 24.1 Å². The van der Waals surface area contributed by atoms with Crippen LogP contribution in [0.5, 0.6) is 5.75 Å². The number of nitrogens with zero attached hydrogens (tertiary/aromatic N) is 4. The first-order valence-corrected chi connectivity index (χ1v) is 16.4. The quantitative estimate of drug-likeness (QED) is 0.290. The molecule has 4 heterocycles. The van der Waals surface area contributed by atoms with Crippen molar-refractivity contribution in [2.24, 2.45) is 0 Å². The number of rotatable bonds is 8. The molecule has 2 fully saturated rings. The standard InChI is InChI=1S/C34H31N5O6S/c40-33(37-46(42,43)24-25-4-2-1-3-5-25)28-8-10-30(11-9-28)38-13-15-39(16-14-38)34(41)29-18-26(20-35-22-29)6-7-27-19-31(23-36-21-27)45-32-12-17-44-32/h1-5,8-11,18-23,32H,12-17,24H2,(H,37,40). The average molecular weight is 638 g/mol. The van der Waals surface area contributed by atoms with Crippen molar-refractivity contribution >= 4 is 27.5 Å². The number of sulfonamides is 1. The second kappa shape index (κ2) is 13.8. The summed E-state index contributed by atoms with van der Waals surface area (Å²) in [6.07, 6.45) is 7.01. The van der Waals surface area contributed by atoms with Gasteiger partial charge >= 0.3 is 0 Å². The van der Waals surface area contributed by atoms with E-state index in [2.05, 4.69) is 31.4 Å². The molecule has 6 rings (SSSR count). The van der Waals surface area contributed by atoms with Crippen LogP contribution in [0.4, 0.5) is 5.69 Å². The van der Waals surface area contributed by atoms with Gasteiger partial charge in [-0.15, -0.1) is 0 Å². The lowest BCUT2D eigenvalue weighted by Crippen LogP contribution is -2.48. The zero-order valence-electron chi connectivity index (χ0n) is 24.8. The molecule has 0 bridgehead atoms. The second-order valence-corrected chi connectivity index (χ2v) is 12.6. The lowest BCUT2D eigenvalue weighted by Gasteiger charge is -2.36. The van der Waals surface area contributed by atoms with E-state index in [1.807, 2.05) is 0 Å². The predicted molar refractivity (Wildman–Crippen MR) is 171 cm³/mol. The number of benzene rings is 2. The largest absolute Gasteiger partial charge is 0.463 e. The van der Waals surface area contributed by atoms with E-state index in [0.29, 0.717) is 60.8 Å². The summed E-state index contributed by atoms with van der Waals surface area (Å²) in [6, 6.07) is 19.0. The smallest absolute Gasteiger partial charge is 0.264 e. The molecule has 234 valence electrons. The van der Waals surface area contributed by atoms with Crippen molar-refractivity contribution in [3.8, 4) is 17.6 Å². The van der Waals surface area contributed by atoms with Crippen LogP contribution in [0, 0.1) is 11.8 Å². The van der Waals surface area contributed by atoms with Gasteiger partial charge in [0.2, 0.25) is 16.3 Å². The number of pyridine rings is 2. The van der Waals surface area contributed by atoms with E-state index < -0.39 is 15.9 Å². The third-order valence-electron chi connectivity index (χ3n) is 7.48. The highest BCUT2D eigenvalue weighted by Gasteiger charge is 2.24. The molecule has 1 atom stereocenters. The number of hydrogen-bond donors (Lipinski definition) is 1. The van der Waals surface area contributed by atoms with Crippen molar-refractivity contribution in [3.05, 3.63) is 119 Å². The van der Waals surface area contributed by atoms with Crippen molar-refractivity contribution in [1.82, 2.24) is 19.6 Å². The fourth-order valence-corrected chi connectivity index (χ4v) is 6.09. The van der Waals surface area contributed by atoms with Gasteiger partial charge < -0.3 is 19.3 Å². The molecular weight excluding hydrogens is 606 g/mol. The van der Waals surface area contributed by atoms with E-state index in [0.717, 1.165) is 12.1 Å². The summed E-state index contributed by atoms with van der Waals surface area (Å²) in [4.78, 5) is 38.2. The molecule has 2 aromatic carbocycles. The lowest BCUT2D eigenvalue weighted by atomic mass is 10.1. The van der Waals surface area contributed by atoms with Crippen molar-refractivity contribution < 1.29 is 27.5 Å². The third-order valence-corrected chi connectivity index (χ3v) is 8.69. The first-order valence-electron chi connectivity index (χ1n) is 14.7. The molecule has 2 aliphatic heterocycles. The molecule has 2 aromatic heterocycles. The second-order valence-electron chi connectivity index (χ2n) is 10.8. The third kappa shape index (κ3) is 7.87. The number of hydrogen-bond acceptors (Lipinski definition) is 9. The van der Waals surface area contributed by atoms with Crippen LogP contribution in [0.25, 0.3) is 0 Å². The monoisotopic (exact) mass is 637 g/mol. The Balaban J connectivity index is 1.02. The Morgan fingerprint density at radius 2 is 1.54 bits per heavy atom. The molecule has 46 heavy (non-hydrogen) atoms. The molecule has 0 radical (unpaired) electrons. The summed E-state index contributed by atoms with van der Waals surface area (Å²) >= 11 is 0. The topological polar surface area (TPSA) is 131 Å². The van der Waals surface area contributed by atoms with Gasteiger partial charge in [0, 0.05) is 73.6 Å². The van der Waals surface area contributed by atoms with Gasteiger partial charge in [0.1, 0.15) is 5.75 Å². The van der Waals surface area contributed by atoms with Gasteiger partial charge in [0.15, 0.2) is 0 Å². The van der Waals surface area contributed by atoms with Crippen LogP contribution in [-0.4, -0.2) is 74.2 Å². The number of piperazine rings is 1. The maximum Gasteiger partial charge on any atom is 0.264 e. The summed E-state index contributed by atoms with van der Waals surface area (Å²) < 4.78 is 38.0. The van der Waals surface area contributed by atoms with E-state index in [4.69, 9.17) is 9.47 Å². The zero-order chi connectivity index (χ0) is 31.9. The van der Waals surface area contributed by atoms with Crippen LogP contribution in [0.2, 0.25) is 0 Å². The van der Waals surface area contributed by atoms with Crippen LogP contribution >= 0.6 is 0 Å². The van der Waals surface area contributed by atoms with Crippen LogP contribution in [0.3, 0.4) is 0 Å². The van der Waals surface area contributed by atoms with Gasteiger partial charge in [-0.3, -0.25) is 19.6 Å². The molecule has 4 aromatic rings. The van der Waals surface area contributed by atoms with Gasteiger partial charge in [0.25, 0.3) is 11.8 Å². The Morgan fingerprint density at radius 3 is 2.22 bits per heavy atom. The van der Waals surface area contributed by atoms with Crippen molar-refractivity contribution in [2.45, 2.75) is 18.5 Å². The number of carbonyl (C=O) groups is 2. The molecule has 11 nitrogen and oxygen atoms in total. The van der Waals surface area contributed by atoms with Gasteiger partial charge in [-0.05, 0) is 42.0 Å². The minimum absolute atomic E-state index is 0.128. The van der Waals surface area contributed by atoms with Crippen molar-refractivity contribution in [3.63, 3.8) is 0 Å². The van der Waals surface area contributed by atoms with E-state index in [-0.39, 0.29) is 23.5 Å². The summed E-state index contributed by atoms with van der Waals surface area (Å²) in [5, 5.41) is 0. The molecule has 0 aliphatic carbocycles. The van der Waals surface area contributed by atoms with Gasteiger partial charge in [-0.25, -0.2) is 13.1 Å². The molecule has 1 N–H and O–H groups in total. The maximum atomic E-state index is 13.3. The lowest BCUT2D eigenvalue weighted by molar-refractivity contribution is -0.165. The van der Waals surface area contributed by atoms with E-state index in [1.165, 1.54) is 0 Å². The summed E-state index contributed by atoms with van der Waals surface area (Å²) in [6.45, 7) is 2.87. The Bertz CT molecular complexity index is 1880. The molecule has 2 saturated heterocycles. The SMILES string of the molecule is O=C(NS(=O)(=O)Cc1ccccc1)c1ccc(N2CCN(C(=O)c3cncc(C#Cc4cncc(OC5CCO5)c4)c3)CC2)cc1. The van der Waals surface area contributed by atoms with Crippen molar-refractivity contribution in [2.75, 3.05) is 37.7 Å². The van der Waals surface area contributed by atoms with E-state index in [1.54, 1.807) is 96.4 Å². The normalized spacial score (nSPS) is 16.0. The molecule has 2 amide bonds. The highest BCUT2D eigenvalue weighted by atomic mass is 32.2. The molecule has 0 saturated carbocycles. The Kier molecular flexibility index (Phi) is 9.23. The summed E-state index contributed by atoms with van der Waals surface area (Å²) in [7, 11) is -3.84. The molecule has 0 spiro atoms. The summed E-state index contributed by atoms with van der Waals surface area (Å²) in [5.74, 6) is 5.60. The molecule has 2 aliphatic rings. The molecule has 1 unspecified atom stereocenters. The number of amides is 2. The van der Waals surface area contributed by atoms with Gasteiger partial charge in [-0.2, -0.15) is 0 Å². The molecule has 12 heteroatoms. The van der Waals surface area contributed by atoms with E-state index >= 15 is 0 Å².